The van der Waals surface area contributed by atoms with Gasteiger partial charge in [-0.05, 0) is 36.1 Å². The van der Waals surface area contributed by atoms with Gasteiger partial charge in [-0.2, -0.15) is 5.26 Å². The van der Waals surface area contributed by atoms with Crippen molar-refractivity contribution in [3.05, 3.63) is 59.7 Å². The fourth-order valence-electron chi connectivity index (χ4n) is 4.47. The van der Waals surface area contributed by atoms with Crippen LogP contribution >= 0.6 is 0 Å². The van der Waals surface area contributed by atoms with Crippen molar-refractivity contribution in [2.75, 3.05) is 7.11 Å². The van der Waals surface area contributed by atoms with E-state index in [1.807, 2.05) is 24.3 Å². The second kappa shape index (κ2) is 10.3. The van der Waals surface area contributed by atoms with Gasteiger partial charge in [0.05, 0.1) is 26.7 Å². The Morgan fingerprint density at radius 3 is 2.18 bits per heavy atom. The van der Waals surface area contributed by atoms with E-state index < -0.39 is 19.5 Å². The van der Waals surface area contributed by atoms with Crippen LogP contribution < -0.4 is 15.2 Å². The van der Waals surface area contributed by atoms with Crippen LogP contribution in [0.3, 0.4) is 0 Å². The van der Waals surface area contributed by atoms with Crippen molar-refractivity contribution in [3.63, 3.8) is 0 Å². The van der Waals surface area contributed by atoms with Gasteiger partial charge >= 0.3 is 0 Å². The minimum atomic E-state index is -1.41. The fourth-order valence-corrected chi connectivity index (χ4v) is 5.64. The molecule has 174 valence electrons. The number of hydrogen-bond acceptors (Lipinski definition) is 4. The Morgan fingerprint density at radius 2 is 1.67 bits per heavy atom. The number of ether oxygens (including phenoxy) is 1. The second-order valence-electron chi connectivity index (χ2n) is 10.1. The normalized spacial score (nSPS) is 16.0. The SMILES string of the molecule is COc1ccc(C(NC(=O)CC2(C#N)CCCC2)C(=O)Cc2ccc([Si](C)(C)C)cc2)cc1. The molecular formula is C27H34N2O3Si. The number of carbonyl (C=O) groups is 2. The molecule has 1 amide bonds. The van der Waals surface area contributed by atoms with Gasteiger partial charge in [-0.25, -0.2) is 0 Å². The number of nitrogens with zero attached hydrogens (tertiary/aromatic N) is 1. The third-order valence-corrected chi connectivity index (χ3v) is 8.64. The van der Waals surface area contributed by atoms with E-state index in [9.17, 15) is 14.9 Å². The maximum absolute atomic E-state index is 13.4. The summed E-state index contributed by atoms with van der Waals surface area (Å²) >= 11 is 0. The summed E-state index contributed by atoms with van der Waals surface area (Å²) in [6.45, 7) is 6.88. The number of amides is 1. The molecule has 3 rings (SSSR count). The molecular weight excluding hydrogens is 428 g/mol. The molecule has 1 saturated carbocycles. The Kier molecular flexibility index (Phi) is 7.75. The number of methoxy groups -OCH3 is 1. The van der Waals surface area contributed by atoms with Crippen molar-refractivity contribution in [2.45, 2.75) is 64.2 Å². The average Bonchev–Trinajstić information content (AvgIpc) is 3.26. The van der Waals surface area contributed by atoms with Crippen LogP contribution in [0.1, 0.15) is 49.3 Å². The van der Waals surface area contributed by atoms with E-state index in [0.29, 0.717) is 11.3 Å². The van der Waals surface area contributed by atoms with Crippen LogP contribution in [0.25, 0.3) is 0 Å². The summed E-state index contributed by atoms with van der Waals surface area (Å²) in [5.41, 5.74) is 1.04. The summed E-state index contributed by atoms with van der Waals surface area (Å²) in [5.74, 6) is 0.362. The van der Waals surface area contributed by atoms with Gasteiger partial charge in [0.25, 0.3) is 0 Å². The fraction of sp³-hybridized carbons (Fsp3) is 0.444. The Bertz CT molecular complexity index is 1010. The molecule has 2 aromatic carbocycles. The lowest BCUT2D eigenvalue weighted by molar-refractivity contribution is -0.128. The Balaban J connectivity index is 1.79. The van der Waals surface area contributed by atoms with Crippen molar-refractivity contribution in [1.29, 1.82) is 5.26 Å². The lowest BCUT2D eigenvalue weighted by Crippen LogP contribution is -2.38. The zero-order valence-corrected chi connectivity index (χ0v) is 21.1. The first-order valence-electron chi connectivity index (χ1n) is 11.6. The number of Topliss-reactive ketones (excluding diaryl/α,β-unsaturated/α-hetero) is 1. The molecule has 1 aliphatic carbocycles. The molecule has 1 N–H and O–H groups in total. The number of nitrogens with one attached hydrogen (secondary N) is 1. The maximum Gasteiger partial charge on any atom is 0.222 e. The second-order valence-corrected chi connectivity index (χ2v) is 15.2. The molecule has 1 unspecified atom stereocenters. The lowest BCUT2D eigenvalue weighted by atomic mass is 9.84. The zero-order chi connectivity index (χ0) is 24.1. The first kappa shape index (κ1) is 24.7. The van der Waals surface area contributed by atoms with Gasteiger partial charge in [0.15, 0.2) is 5.78 Å². The van der Waals surface area contributed by atoms with Crippen LogP contribution in [-0.4, -0.2) is 26.9 Å². The van der Waals surface area contributed by atoms with Crippen molar-refractivity contribution >= 4 is 25.0 Å². The number of rotatable bonds is 9. The zero-order valence-electron chi connectivity index (χ0n) is 20.1. The molecule has 0 bridgehead atoms. The third-order valence-electron chi connectivity index (χ3n) is 6.57. The molecule has 1 fully saturated rings. The molecule has 6 heteroatoms. The Labute approximate surface area is 198 Å². The van der Waals surface area contributed by atoms with E-state index in [-0.39, 0.29) is 24.5 Å². The lowest BCUT2D eigenvalue weighted by Gasteiger charge is -2.23. The van der Waals surface area contributed by atoms with E-state index in [2.05, 4.69) is 43.2 Å². The van der Waals surface area contributed by atoms with Gasteiger partial charge in [0, 0.05) is 12.8 Å². The van der Waals surface area contributed by atoms with E-state index in [0.717, 1.165) is 31.2 Å². The molecule has 0 radical (unpaired) electrons. The minimum Gasteiger partial charge on any atom is -0.497 e. The van der Waals surface area contributed by atoms with Gasteiger partial charge < -0.3 is 10.1 Å². The predicted molar refractivity (Wildman–Crippen MR) is 133 cm³/mol. The van der Waals surface area contributed by atoms with E-state index >= 15 is 0 Å². The summed E-state index contributed by atoms with van der Waals surface area (Å²) in [6.07, 6.45) is 3.77. The smallest absolute Gasteiger partial charge is 0.222 e. The van der Waals surface area contributed by atoms with Crippen LogP contribution in [-0.2, 0) is 16.0 Å². The van der Waals surface area contributed by atoms with Gasteiger partial charge in [-0.3, -0.25) is 9.59 Å². The highest BCUT2D eigenvalue weighted by Gasteiger charge is 2.37. The monoisotopic (exact) mass is 462 g/mol. The highest BCUT2D eigenvalue weighted by atomic mass is 28.3. The highest BCUT2D eigenvalue weighted by Crippen LogP contribution is 2.40. The van der Waals surface area contributed by atoms with Crippen molar-refractivity contribution in [3.8, 4) is 11.8 Å². The standard InChI is InChI=1S/C27H34N2O3Si/c1-32-22-11-9-21(10-12-22)26(29-25(31)18-27(19-28)15-5-6-16-27)24(30)17-20-7-13-23(14-8-20)33(2,3)4/h7-14,26H,5-6,15-18H2,1-4H3,(H,29,31). The third kappa shape index (κ3) is 6.32. The van der Waals surface area contributed by atoms with Crippen LogP contribution in [0.4, 0.5) is 0 Å². The topological polar surface area (TPSA) is 79.2 Å². The number of benzene rings is 2. The summed E-state index contributed by atoms with van der Waals surface area (Å²) in [4.78, 5) is 26.3. The van der Waals surface area contributed by atoms with Crippen molar-refractivity contribution in [1.82, 2.24) is 5.32 Å². The molecule has 1 aliphatic rings. The number of carbonyl (C=O) groups excluding carboxylic acids is 2. The van der Waals surface area contributed by atoms with Crippen molar-refractivity contribution in [2.24, 2.45) is 5.41 Å². The van der Waals surface area contributed by atoms with Gasteiger partial charge in [0.2, 0.25) is 5.91 Å². The molecule has 0 heterocycles. The number of hydrogen-bond donors (Lipinski definition) is 1. The molecule has 0 aliphatic heterocycles. The average molecular weight is 463 g/mol. The molecule has 5 nitrogen and oxygen atoms in total. The highest BCUT2D eigenvalue weighted by molar-refractivity contribution is 6.88. The van der Waals surface area contributed by atoms with E-state index in [1.54, 1.807) is 19.2 Å². The largest absolute Gasteiger partial charge is 0.497 e. The van der Waals surface area contributed by atoms with Crippen LogP contribution in [0.5, 0.6) is 5.75 Å². The molecule has 0 saturated heterocycles. The summed E-state index contributed by atoms with van der Waals surface area (Å²) in [6, 6.07) is 17.1. The summed E-state index contributed by atoms with van der Waals surface area (Å²) in [5, 5.41) is 13.9. The molecule has 0 spiro atoms. The number of nitriles is 1. The Hall–Kier alpha value is -2.91. The quantitative estimate of drug-likeness (QED) is 0.549. The van der Waals surface area contributed by atoms with Crippen molar-refractivity contribution < 1.29 is 14.3 Å². The maximum atomic E-state index is 13.4. The summed E-state index contributed by atoms with van der Waals surface area (Å²) in [7, 11) is 0.179. The summed E-state index contributed by atoms with van der Waals surface area (Å²) < 4.78 is 5.24. The van der Waals surface area contributed by atoms with Gasteiger partial charge in [0.1, 0.15) is 11.8 Å². The Morgan fingerprint density at radius 1 is 1.06 bits per heavy atom. The van der Waals surface area contributed by atoms with Crippen LogP contribution in [0.15, 0.2) is 48.5 Å². The number of ketones is 1. The molecule has 1 atom stereocenters. The predicted octanol–water partition coefficient (Wildman–Crippen LogP) is 4.68. The van der Waals surface area contributed by atoms with Crippen LogP contribution in [0, 0.1) is 16.7 Å². The van der Waals surface area contributed by atoms with Gasteiger partial charge in [-0.15, -0.1) is 0 Å². The first-order valence-corrected chi connectivity index (χ1v) is 15.1. The van der Waals surface area contributed by atoms with E-state index in [4.69, 9.17) is 4.74 Å². The van der Waals surface area contributed by atoms with E-state index in [1.165, 1.54) is 5.19 Å². The molecule has 0 aromatic heterocycles. The van der Waals surface area contributed by atoms with Gasteiger partial charge in [-0.1, -0.05) is 74.1 Å². The molecule has 33 heavy (non-hydrogen) atoms. The first-order chi connectivity index (χ1) is 15.7. The minimum absolute atomic E-state index is 0.0771. The molecule has 2 aromatic rings. The van der Waals surface area contributed by atoms with Crippen LogP contribution in [0.2, 0.25) is 19.6 Å².